The Labute approximate surface area is 128 Å². The number of methoxy groups -OCH3 is 1. The Morgan fingerprint density at radius 2 is 2.00 bits per heavy atom. The quantitative estimate of drug-likeness (QED) is 0.795. The second-order valence-electron chi connectivity index (χ2n) is 5.06. The minimum Gasteiger partial charge on any atom is -0.497 e. The molecule has 1 aromatic carbocycles. The third kappa shape index (κ3) is 3.46. The number of aryl methyl sites for hydroxylation is 2. The Hall–Kier alpha value is -2.76. The molecule has 0 bridgehead atoms. The molecule has 6 heteroatoms. The average Bonchev–Trinajstić information content (AvgIpc) is 2.99. The predicted molar refractivity (Wildman–Crippen MR) is 82.6 cm³/mol. The standard InChI is InChI=1S/C9H9NO2.C7H9NO2/c1-12-7-3-2-6-4-9(11)10-8(6)5-7;1-4-3-5(2)8-6(4)7(9)10/h2-3,5H,4H2,1H3,(H,10,11);3,8H,1-2H3,(H,9,10). The van der Waals surface area contributed by atoms with Crippen LogP contribution in [0, 0.1) is 13.8 Å². The van der Waals surface area contributed by atoms with Gasteiger partial charge in [-0.3, -0.25) is 4.79 Å². The van der Waals surface area contributed by atoms with Gasteiger partial charge in [-0.1, -0.05) is 6.07 Å². The summed E-state index contributed by atoms with van der Waals surface area (Å²) in [7, 11) is 1.61. The highest BCUT2D eigenvalue weighted by Crippen LogP contribution is 2.26. The number of carboxylic acids is 1. The maximum Gasteiger partial charge on any atom is 0.352 e. The highest BCUT2D eigenvalue weighted by molar-refractivity contribution is 5.99. The molecule has 6 nitrogen and oxygen atoms in total. The number of carbonyl (C=O) groups is 2. The number of carboxylic acid groups (broad SMARTS) is 1. The molecule has 22 heavy (non-hydrogen) atoms. The first-order valence-corrected chi connectivity index (χ1v) is 6.77. The second-order valence-corrected chi connectivity index (χ2v) is 5.06. The fourth-order valence-corrected chi connectivity index (χ4v) is 2.27. The maximum absolute atomic E-state index is 10.9. The van der Waals surface area contributed by atoms with Gasteiger partial charge >= 0.3 is 5.97 Å². The summed E-state index contributed by atoms with van der Waals surface area (Å²) in [6.45, 7) is 3.60. The SMILES string of the molecule is COc1ccc2c(c1)NC(=O)C2.Cc1cc(C)c(C(=O)O)[nH]1. The summed E-state index contributed by atoms with van der Waals surface area (Å²) in [5.41, 5.74) is 3.87. The second kappa shape index (κ2) is 6.34. The van der Waals surface area contributed by atoms with Gasteiger partial charge in [0.15, 0.2) is 0 Å². The number of ether oxygens (including phenoxy) is 1. The van der Waals surface area contributed by atoms with E-state index in [9.17, 15) is 9.59 Å². The van der Waals surface area contributed by atoms with Crippen LogP contribution in [0.4, 0.5) is 5.69 Å². The van der Waals surface area contributed by atoms with E-state index in [1.54, 1.807) is 14.0 Å². The van der Waals surface area contributed by atoms with Gasteiger partial charge in [0.2, 0.25) is 5.91 Å². The van der Waals surface area contributed by atoms with Crippen LogP contribution in [0.5, 0.6) is 5.75 Å². The third-order valence-electron chi connectivity index (χ3n) is 3.31. The third-order valence-corrected chi connectivity index (χ3v) is 3.31. The molecule has 0 unspecified atom stereocenters. The molecule has 0 saturated carbocycles. The van der Waals surface area contributed by atoms with Gasteiger partial charge in [-0.2, -0.15) is 0 Å². The van der Waals surface area contributed by atoms with Crippen molar-refractivity contribution in [2.75, 3.05) is 12.4 Å². The zero-order chi connectivity index (χ0) is 16.3. The summed E-state index contributed by atoms with van der Waals surface area (Å²) in [6.07, 6.45) is 0.485. The van der Waals surface area contributed by atoms with Crippen molar-refractivity contribution in [2.24, 2.45) is 0 Å². The van der Waals surface area contributed by atoms with E-state index in [0.717, 1.165) is 28.3 Å². The number of carbonyl (C=O) groups excluding carboxylic acids is 1. The zero-order valence-electron chi connectivity index (χ0n) is 12.7. The zero-order valence-corrected chi connectivity index (χ0v) is 12.7. The van der Waals surface area contributed by atoms with Crippen LogP contribution < -0.4 is 10.1 Å². The van der Waals surface area contributed by atoms with E-state index >= 15 is 0 Å². The molecule has 0 atom stereocenters. The molecule has 0 fully saturated rings. The summed E-state index contributed by atoms with van der Waals surface area (Å²) in [5.74, 6) is -0.0696. The molecule has 116 valence electrons. The number of amides is 1. The van der Waals surface area contributed by atoms with Crippen molar-refractivity contribution in [3.8, 4) is 5.75 Å². The molecule has 0 saturated heterocycles. The van der Waals surface area contributed by atoms with Crippen LogP contribution in [-0.4, -0.2) is 29.1 Å². The molecule has 0 radical (unpaired) electrons. The Morgan fingerprint density at radius 1 is 1.27 bits per heavy atom. The molecule has 2 aromatic rings. The number of aromatic nitrogens is 1. The molecule has 1 aliphatic rings. The first-order chi connectivity index (χ1) is 10.4. The molecular weight excluding hydrogens is 284 g/mol. The lowest BCUT2D eigenvalue weighted by Gasteiger charge is -2.01. The van der Waals surface area contributed by atoms with E-state index in [-0.39, 0.29) is 11.6 Å². The van der Waals surface area contributed by atoms with Crippen molar-refractivity contribution in [1.82, 2.24) is 4.98 Å². The van der Waals surface area contributed by atoms with Gasteiger partial charge in [0.25, 0.3) is 0 Å². The Bertz CT molecular complexity index is 719. The summed E-state index contributed by atoms with van der Waals surface area (Å²) in [4.78, 5) is 24.1. The van der Waals surface area contributed by atoms with Crippen LogP contribution in [0.2, 0.25) is 0 Å². The van der Waals surface area contributed by atoms with Crippen molar-refractivity contribution < 1.29 is 19.4 Å². The van der Waals surface area contributed by atoms with E-state index in [4.69, 9.17) is 9.84 Å². The van der Waals surface area contributed by atoms with Gasteiger partial charge < -0.3 is 20.1 Å². The van der Waals surface area contributed by atoms with E-state index < -0.39 is 5.97 Å². The Balaban J connectivity index is 0.000000164. The van der Waals surface area contributed by atoms with Crippen molar-refractivity contribution in [2.45, 2.75) is 20.3 Å². The molecule has 0 aliphatic carbocycles. The summed E-state index contributed by atoms with van der Waals surface area (Å²) in [5, 5.41) is 11.3. The van der Waals surface area contributed by atoms with Crippen LogP contribution >= 0.6 is 0 Å². The first kappa shape index (κ1) is 15.6. The largest absolute Gasteiger partial charge is 0.497 e. The number of anilines is 1. The van der Waals surface area contributed by atoms with Crippen LogP contribution in [0.3, 0.4) is 0 Å². The smallest absolute Gasteiger partial charge is 0.352 e. The molecule has 3 N–H and O–H groups in total. The topological polar surface area (TPSA) is 91.4 Å². The summed E-state index contributed by atoms with van der Waals surface area (Å²) in [6, 6.07) is 7.41. The Morgan fingerprint density at radius 3 is 2.50 bits per heavy atom. The van der Waals surface area contributed by atoms with Crippen molar-refractivity contribution in [3.63, 3.8) is 0 Å². The first-order valence-electron chi connectivity index (χ1n) is 6.77. The van der Waals surface area contributed by atoms with Gasteiger partial charge in [0.05, 0.1) is 13.5 Å². The minimum absolute atomic E-state index is 0.0539. The number of hydrogen-bond donors (Lipinski definition) is 3. The highest BCUT2D eigenvalue weighted by atomic mass is 16.5. The highest BCUT2D eigenvalue weighted by Gasteiger charge is 2.17. The van der Waals surface area contributed by atoms with Gasteiger partial charge in [-0.05, 0) is 37.1 Å². The number of rotatable bonds is 2. The van der Waals surface area contributed by atoms with E-state index in [1.165, 1.54) is 0 Å². The number of benzene rings is 1. The van der Waals surface area contributed by atoms with Crippen LogP contribution in [0.15, 0.2) is 24.3 Å². The van der Waals surface area contributed by atoms with Crippen molar-refractivity contribution >= 4 is 17.6 Å². The molecule has 1 aliphatic heterocycles. The number of fused-ring (bicyclic) bond motifs is 1. The van der Waals surface area contributed by atoms with Crippen molar-refractivity contribution in [1.29, 1.82) is 0 Å². The van der Waals surface area contributed by atoms with E-state index in [1.807, 2.05) is 31.2 Å². The molecule has 1 aromatic heterocycles. The number of aromatic amines is 1. The summed E-state index contributed by atoms with van der Waals surface area (Å²) < 4.78 is 5.02. The normalized spacial score (nSPS) is 12.0. The monoisotopic (exact) mass is 302 g/mol. The number of H-pyrrole nitrogens is 1. The molecule has 2 heterocycles. The summed E-state index contributed by atoms with van der Waals surface area (Å²) >= 11 is 0. The molecule has 0 spiro atoms. The van der Waals surface area contributed by atoms with Gasteiger partial charge in [-0.15, -0.1) is 0 Å². The Kier molecular flexibility index (Phi) is 4.50. The van der Waals surface area contributed by atoms with Gasteiger partial charge in [0.1, 0.15) is 11.4 Å². The lowest BCUT2D eigenvalue weighted by atomic mass is 10.1. The van der Waals surface area contributed by atoms with Gasteiger partial charge in [-0.25, -0.2) is 4.79 Å². The minimum atomic E-state index is -0.898. The van der Waals surface area contributed by atoms with Crippen LogP contribution in [-0.2, 0) is 11.2 Å². The average molecular weight is 302 g/mol. The fraction of sp³-hybridized carbons (Fsp3) is 0.250. The van der Waals surface area contributed by atoms with E-state index in [0.29, 0.717) is 6.42 Å². The molecule has 3 rings (SSSR count). The fourth-order valence-electron chi connectivity index (χ4n) is 2.27. The number of aromatic carboxylic acids is 1. The van der Waals surface area contributed by atoms with Gasteiger partial charge in [0, 0.05) is 17.4 Å². The van der Waals surface area contributed by atoms with E-state index in [2.05, 4.69) is 10.3 Å². The predicted octanol–water partition coefficient (Wildman–Crippen LogP) is 2.52. The van der Waals surface area contributed by atoms with Crippen LogP contribution in [0.25, 0.3) is 0 Å². The van der Waals surface area contributed by atoms with Crippen molar-refractivity contribution in [3.05, 3.63) is 46.8 Å². The maximum atomic E-state index is 10.9. The lowest BCUT2D eigenvalue weighted by Crippen LogP contribution is -2.03. The molecule has 1 amide bonds. The molecular formula is C16H18N2O4. The number of hydrogen-bond acceptors (Lipinski definition) is 3. The number of nitrogens with one attached hydrogen (secondary N) is 2. The van der Waals surface area contributed by atoms with Crippen LogP contribution in [0.1, 0.15) is 27.3 Å². The lowest BCUT2D eigenvalue weighted by molar-refractivity contribution is -0.115.